The van der Waals surface area contributed by atoms with E-state index in [-0.39, 0.29) is 35.1 Å². The van der Waals surface area contributed by atoms with Gasteiger partial charge in [-0.05, 0) is 12.1 Å². The molecule has 0 N–H and O–H groups in total. The maximum atomic E-state index is 12.6. The van der Waals surface area contributed by atoms with Crippen LogP contribution in [-0.2, 0) is 16.8 Å². The first-order chi connectivity index (χ1) is 6.50. The standard InChI is InChI=1S/C7H6FNO4S.Na/c8-6-1-2-7(9(10)11)5(3-6)4-14(12)13;/h1-3H,4H2,(H,12,13);/q;+1/p-1. The smallest absolute Gasteiger partial charge is 0.772 e. The number of hydrogen-bond donors (Lipinski definition) is 0. The Labute approximate surface area is 109 Å². The van der Waals surface area contributed by atoms with Crippen molar-refractivity contribution in [3.63, 3.8) is 0 Å². The van der Waals surface area contributed by atoms with Crippen LogP contribution in [0.25, 0.3) is 0 Å². The maximum absolute atomic E-state index is 12.6. The van der Waals surface area contributed by atoms with Gasteiger partial charge < -0.3 is 4.55 Å². The molecule has 1 unspecified atom stereocenters. The van der Waals surface area contributed by atoms with Crippen molar-refractivity contribution in [3.05, 3.63) is 39.7 Å². The molecule has 0 aliphatic carbocycles. The third kappa shape index (κ3) is 4.35. The van der Waals surface area contributed by atoms with E-state index in [1.54, 1.807) is 0 Å². The number of hydrogen-bond acceptors (Lipinski definition) is 4. The molecular formula is C7H5FNNaO4S. The molecule has 0 aliphatic rings. The van der Waals surface area contributed by atoms with Gasteiger partial charge in [-0.3, -0.25) is 14.3 Å². The Kier molecular flexibility index (Phi) is 6.15. The topological polar surface area (TPSA) is 83.3 Å². The molecule has 15 heavy (non-hydrogen) atoms. The van der Waals surface area contributed by atoms with E-state index in [4.69, 9.17) is 0 Å². The molecule has 1 aromatic rings. The minimum Gasteiger partial charge on any atom is -0.772 e. The fraction of sp³-hybridized carbons (Fsp3) is 0.143. The van der Waals surface area contributed by atoms with E-state index in [1.807, 2.05) is 0 Å². The van der Waals surface area contributed by atoms with Crippen LogP contribution in [0.3, 0.4) is 0 Å². The molecule has 0 fully saturated rings. The molecule has 1 rings (SSSR count). The van der Waals surface area contributed by atoms with Crippen LogP contribution in [0.4, 0.5) is 10.1 Å². The van der Waals surface area contributed by atoms with Crippen molar-refractivity contribution in [2.24, 2.45) is 0 Å². The van der Waals surface area contributed by atoms with Crippen molar-refractivity contribution in [1.29, 1.82) is 0 Å². The van der Waals surface area contributed by atoms with Gasteiger partial charge >= 0.3 is 29.6 Å². The molecule has 0 amide bonds. The van der Waals surface area contributed by atoms with Gasteiger partial charge in [0, 0.05) is 17.4 Å². The van der Waals surface area contributed by atoms with Gasteiger partial charge in [0.25, 0.3) is 5.69 Å². The number of nitrogens with zero attached hydrogens (tertiary/aromatic N) is 1. The molecule has 0 aromatic heterocycles. The van der Waals surface area contributed by atoms with E-state index in [2.05, 4.69) is 0 Å². The quantitative estimate of drug-likeness (QED) is 0.268. The van der Waals surface area contributed by atoms with Crippen molar-refractivity contribution in [2.45, 2.75) is 5.75 Å². The molecule has 76 valence electrons. The van der Waals surface area contributed by atoms with Crippen LogP contribution >= 0.6 is 0 Å². The summed E-state index contributed by atoms with van der Waals surface area (Å²) < 4.78 is 33.3. The summed E-state index contributed by atoms with van der Waals surface area (Å²) >= 11 is -2.47. The Morgan fingerprint density at radius 2 is 2.07 bits per heavy atom. The number of halogens is 1. The molecular weight excluding hydrogens is 236 g/mol. The van der Waals surface area contributed by atoms with Crippen LogP contribution in [0.15, 0.2) is 18.2 Å². The summed E-state index contributed by atoms with van der Waals surface area (Å²) in [7, 11) is 0. The normalized spacial score (nSPS) is 11.6. The minimum absolute atomic E-state index is 0. The van der Waals surface area contributed by atoms with Crippen molar-refractivity contribution in [1.82, 2.24) is 0 Å². The van der Waals surface area contributed by atoms with E-state index in [0.29, 0.717) is 0 Å². The Balaban J connectivity index is 0.00000196. The third-order valence-electron chi connectivity index (χ3n) is 1.51. The molecule has 0 spiro atoms. The zero-order chi connectivity index (χ0) is 10.7. The number of nitro benzene ring substituents is 1. The molecule has 0 saturated heterocycles. The molecule has 0 radical (unpaired) electrons. The summed E-state index contributed by atoms with van der Waals surface area (Å²) in [5.41, 5.74) is -0.543. The number of nitro groups is 1. The van der Waals surface area contributed by atoms with Gasteiger partial charge in [-0.1, -0.05) is 11.1 Å². The van der Waals surface area contributed by atoms with Crippen LogP contribution in [0, 0.1) is 15.9 Å². The van der Waals surface area contributed by atoms with Crippen molar-refractivity contribution >= 4 is 16.8 Å². The van der Waals surface area contributed by atoms with Crippen LogP contribution in [0.5, 0.6) is 0 Å². The summed E-state index contributed by atoms with van der Waals surface area (Å²) in [6, 6.07) is 2.70. The summed E-state index contributed by atoms with van der Waals surface area (Å²) in [5.74, 6) is -1.26. The van der Waals surface area contributed by atoms with Crippen LogP contribution in [0.2, 0.25) is 0 Å². The Morgan fingerprint density at radius 1 is 1.47 bits per heavy atom. The van der Waals surface area contributed by atoms with Crippen LogP contribution in [0.1, 0.15) is 5.56 Å². The van der Waals surface area contributed by atoms with E-state index < -0.39 is 33.3 Å². The van der Waals surface area contributed by atoms with E-state index in [0.717, 1.165) is 18.2 Å². The van der Waals surface area contributed by atoms with Crippen LogP contribution < -0.4 is 29.6 Å². The third-order valence-corrected chi connectivity index (χ3v) is 2.06. The van der Waals surface area contributed by atoms with Crippen LogP contribution in [-0.4, -0.2) is 13.7 Å². The summed E-state index contributed by atoms with van der Waals surface area (Å²) in [6.45, 7) is 0. The van der Waals surface area contributed by atoms with Gasteiger partial charge in [0.15, 0.2) is 0 Å². The molecule has 0 aliphatic heterocycles. The maximum Gasteiger partial charge on any atom is 1.00 e. The van der Waals surface area contributed by atoms with Gasteiger partial charge in [-0.15, -0.1) is 0 Å². The van der Waals surface area contributed by atoms with Gasteiger partial charge in [0.1, 0.15) is 5.82 Å². The van der Waals surface area contributed by atoms with Gasteiger partial charge in [0.2, 0.25) is 0 Å². The van der Waals surface area contributed by atoms with Gasteiger partial charge in [0.05, 0.1) is 4.92 Å². The summed E-state index contributed by atoms with van der Waals surface area (Å²) in [6.07, 6.45) is 0. The molecule has 5 nitrogen and oxygen atoms in total. The van der Waals surface area contributed by atoms with Gasteiger partial charge in [-0.25, -0.2) is 4.39 Å². The Hall–Kier alpha value is -0.340. The first-order valence-electron chi connectivity index (χ1n) is 3.49. The zero-order valence-electron chi connectivity index (χ0n) is 7.81. The molecule has 1 atom stereocenters. The Bertz CT molecular complexity index is 401. The largest absolute Gasteiger partial charge is 1.00 e. The molecule has 0 saturated carbocycles. The van der Waals surface area contributed by atoms with Gasteiger partial charge in [-0.2, -0.15) is 0 Å². The fourth-order valence-electron chi connectivity index (χ4n) is 0.975. The zero-order valence-corrected chi connectivity index (χ0v) is 10.6. The molecule has 1 aromatic carbocycles. The second kappa shape index (κ2) is 6.29. The fourth-order valence-corrected chi connectivity index (χ4v) is 1.46. The molecule has 0 heterocycles. The average Bonchev–Trinajstić information content (AvgIpc) is 2.01. The summed E-state index contributed by atoms with van der Waals surface area (Å²) in [4.78, 5) is 9.65. The van der Waals surface area contributed by atoms with E-state index in [9.17, 15) is 23.3 Å². The number of benzene rings is 1. The molecule has 8 heteroatoms. The second-order valence-corrected chi connectivity index (χ2v) is 3.37. The Morgan fingerprint density at radius 3 is 2.53 bits per heavy atom. The van der Waals surface area contributed by atoms with E-state index >= 15 is 0 Å². The SMILES string of the molecule is O=[N+]([O-])c1ccc(F)cc1CS(=O)[O-].[Na+]. The minimum atomic E-state index is -2.47. The second-order valence-electron chi connectivity index (χ2n) is 2.48. The van der Waals surface area contributed by atoms with Crippen molar-refractivity contribution < 1.29 is 47.6 Å². The average molecular weight is 241 g/mol. The summed E-state index contributed by atoms with van der Waals surface area (Å²) in [5, 5.41) is 10.4. The first-order valence-corrected chi connectivity index (χ1v) is 4.74. The first kappa shape index (κ1) is 14.7. The molecule has 0 bridgehead atoms. The monoisotopic (exact) mass is 241 g/mol. The van der Waals surface area contributed by atoms with Crippen molar-refractivity contribution in [3.8, 4) is 0 Å². The predicted molar refractivity (Wildman–Crippen MR) is 45.7 cm³/mol. The van der Waals surface area contributed by atoms with E-state index in [1.165, 1.54) is 0 Å². The van der Waals surface area contributed by atoms with Crippen molar-refractivity contribution in [2.75, 3.05) is 0 Å². The number of rotatable bonds is 3. The predicted octanol–water partition coefficient (Wildman–Crippen LogP) is -1.88.